The number of ether oxygens (including phenoxy) is 1. The Labute approximate surface area is 115 Å². The van der Waals surface area contributed by atoms with Crippen molar-refractivity contribution in [2.24, 2.45) is 5.41 Å². The second-order valence-corrected chi connectivity index (χ2v) is 6.53. The van der Waals surface area contributed by atoms with E-state index in [1.165, 1.54) is 0 Å². The van der Waals surface area contributed by atoms with Crippen LogP contribution in [-0.4, -0.2) is 54.0 Å². The van der Waals surface area contributed by atoms with Crippen LogP contribution in [0.25, 0.3) is 0 Å². The quantitative estimate of drug-likeness (QED) is 0.814. The lowest BCUT2D eigenvalue weighted by molar-refractivity contribution is -0.177. The van der Waals surface area contributed by atoms with Crippen LogP contribution in [0, 0.1) is 5.41 Å². The van der Waals surface area contributed by atoms with Gasteiger partial charge in [0.2, 0.25) is 0 Å². The molecule has 19 heavy (non-hydrogen) atoms. The molecular formula is C14H26N2O3. The largest absolute Gasteiger partial charge is 0.394 e. The molecular weight excluding hydrogens is 244 g/mol. The average molecular weight is 270 g/mol. The van der Waals surface area contributed by atoms with Crippen LogP contribution in [0.15, 0.2) is 0 Å². The molecule has 5 heteroatoms. The maximum atomic E-state index is 12.3. The highest BCUT2D eigenvalue weighted by atomic mass is 16.5. The van der Waals surface area contributed by atoms with E-state index in [2.05, 4.69) is 26.1 Å². The molecule has 3 atom stereocenters. The molecule has 2 N–H and O–H groups in total. The van der Waals surface area contributed by atoms with Crippen molar-refractivity contribution in [1.82, 2.24) is 10.2 Å². The van der Waals surface area contributed by atoms with Crippen molar-refractivity contribution in [3.63, 3.8) is 0 Å². The topological polar surface area (TPSA) is 61.8 Å². The van der Waals surface area contributed by atoms with E-state index in [1.54, 1.807) is 12.0 Å². The molecule has 2 fully saturated rings. The van der Waals surface area contributed by atoms with Crippen LogP contribution in [0.3, 0.4) is 0 Å². The lowest BCUT2D eigenvalue weighted by atomic mass is 9.56. The van der Waals surface area contributed by atoms with Gasteiger partial charge in [0.25, 0.3) is 0 Å². The smallest absolute Gasteiger partial charge is 0.317 e. The van der Waals surface area contributed by atoms with Gasteiger partial charge in [0.05, 0.1) is 18.2 Å². The van der Waals surface area contributed by atoms with Crippen molar-refractivity contribution >= 4 is 6.03 Å². The number of nitrogens with one attached hydrogen (secondary N) is 1. The van der Waals surface area contributed by atoms with Gasteiger partial charge in [0.1, 0.15) is 0 Å². The van der Waals surface area contributed by atoms with Gasteiger partial charge >= 0.3 is 6.03 Å². The first-order valence-electron chi connectivity index (χ1n) is 7.09. The fraction of sp³-hybridized carbons (Fsp3) is 0.929. The van der Waals surface area contributed by atoms with Gasteiger partial charge in [-0.25, -0.2) is 4.79 Å². The zero-order valence-electron chi connectivity index (χ0n) is 12.4. The Morgan fingerprint density at radius 3 is 2.68 bits per heavy atom. The van der Waals surface area contributed by atoms with Gasteiger partial charge in [0, 0.05) is 25.1 Å². The minimum atomic E-state index is -0.174. The van der Waals surface area contributed by atoms with E-state index < -0.39 is 0 Å². The van der Waals surface area contributed by atoms with E-state index in [0.29, 0.717) is 0 Å². The lowest BCUT2D eigenvalue weighted by Gasteiger charge is -2.59. The van der Waals surface area contributed by atoms with Gasteiger partial charge in [-0.05, 0) is 26.2 Å². The predicted octanol–water partition coefficient (Wildman–Crippen LogP) is 1.36. The number of urea groups is 1. The number of hydrogen-bond donors (Lipinski definition) is 2. The Bertz CT molecular complexity index is 359. The summed E-state index contributed by atoms with van der Waals surface area (Å²) in [6.07, 6.45) is 2.70. The van der Waals surface area contributed by atoms with Gasteiger partial charge < -0.3 is 20.1 Å². The van der Waals surface area contributed by atoms with Crippen LogP contribution in [0.1, 0.15) is 40.0 Å². The molecule has 0 aromatic rings. The van der Waals surface area contributed by atoms with Crippen molar-refractivity contribution in [2.75, 3.05) is 20.3 Å². The Kier molecular flexibility index (Phi) is 3.80. The van der Waals surface area contributed by atoms with Crippen LogP contribution in [-0.2, 0) is 4.74 Å². The summed E-state index contributed by atoms with van der Waals surface area (Å²) in [7, 11) is 1.72. The highest BCUT2D eigenvalue weighted by molar-refractivity contribution is 5.75. The molecule has 2 unspecified atom stereocenters. The summed E-state index contributed by atoms with van der Waals surface area (Å²) in [5.41, 5.74) is -0.252. The van der Waals surface area contributed by atoms with Crippen LogP contribution in [0.4, 0.5) is 4.79 Å². The Morgan fingerprint density at radius 1 is 1.47 bits per heavy atom. The standard InChI is InChI=1S/C14H26N2O3/c1-13(2)11(8-14(13,3)19-4)15-12(18)16-7-5-6-10(16)9-17/h10-11,17H,5-9H2,1-4H3,(H,15,18)/t10-,11?,14?/m1/s1. The second kappa shape index (κ2) is 4.94. The number of methoxy groups -OCH3 is 1. The van der Waals surface area contributed by atoms with Gasteiger partial charge in [-0.1, -0.05) is 13.8 Å². The highest BCUT2D eigenvalue weighted by Crippen LogP contribution is 2.51. The number of aliphatic hydroxyl groups excluding tert-OH is 1. The number of carbonyl (C=O) groups is 1. The molecule has 1 aliphatic carbocycles. The van der Waals surface area contributed by atoms with E-state index >= 15 is 0 Å². The summed E-state index contributed by atoms with van der Waals surface area (Å²) < 4.78 is 5.56. The number of carbonyl (C=O) groups excluding carboxylic acids is 1. The first kappa shape index (κ1) is 14.6. The number of rotatable bonds is 3. The molecule has 2 rings (SSSR count). The summed E-state index contributed by atoms with van der Waals surface area (Å²) >= 11 is 0. The van der Waals surface area contributed by atoms with Crippen molar-refractivity contribution in [3.05, 3.63) is 0 Å². The van der Waals surface area contributed by atoms with Crippen LogP contribution in [0.5, 0.6) is 0 Å². The highest BCUT2D eigenvalue weighted by Gasteiger charge is 2.58. The summed E-state index contributed by atoms with van der Waals surface area (Å²) in [5.74, 6) is 0. The predicted molar refractivity (Wildman–Crippen MR) is 72.9 cm³/mol. The number of likely N-dealkylation sites (tertiary alicyclic amines) is 1. The fourth-order valence-electron chi connectivity index (χ4n) is 3.25. The molecule has 1 heterocycles. The van der Waals surface area contributed by atoms with Crippen LogP contribution < -0.4 is 5.32 Å². The third kappa shape index (κ3) is 2.23. The molecule has 0 radical (unpaired) electrons. The summed E-state index contributed by atoms with van der Waals surface area (Å²) in [6, 6.07) is 0.0645. The van der Waals surface area contributed by atoms with Crippen molar-refractivity contribution in [1.29, 1.82) is 0 Å². The number of nitrogens with zero attached hydrogens (tertiary/aromatic N) is 1. The average Bonchev–Trinajstić information content (AvgIpc) is 2.86. The molecule has 2 amide bonds. The third-order valence-electron chi connectivity index (χ3n) is 5.42. The van der Waals surface area contributed by atoms with E-state index in [-0.39, 0.29) is 35.7 Å². The Morgan fingerprint density at radius 2 is 2.16 bits per heavy atom. The molecule has 5 nitrogen and oxygen atoms in total. The normalized spacial score (nSPS) is 37.0. The summed E-state index contributed by atoms with van der Waals surface area (Å²) in [4.78, 5) is 14.0. The molecule has 0 aromatic heterocycles. The minimum absolute atomic E-state index is 0.0167. The van der Waals surface area contributed by atoms with Crippen molar-refractivity contribution < 1.29 is 14.6 Å². The summed E-state index contributed by atoms with van der Waals surface area (Å²) in [5, 5.41) is 12.4. The van der Waals surface area contributed by atoms with E-state index in [1.807, 2.05) is 0 Å². The summed E-state index contributed by atoms with van der Waals surface area (Å²) in [6.45, 7) is 7.13. The molecule has 1 saturated heterocycles. The molecule has 0 spiro atoms. The van der Waals surface area contributed by atoms with Crippen molar-refractivity contribution in [3.8, 4) is 0 Å². The number of aliphatic hydroxyl groups is 1. The number of amides is 2. The minimum Gasteiger partial charge on any atom is -0.394 e. The molecule has 2 aliphatic rings. The lowest BCUT2D eigenvalue weighted by Crippen LogP contribution is -2.69. The maximum Gasteiger partial charge on any atom is 0.317 e. The molecule has 0 aromatic carbocycles. The van der Waals surface area contributed by atoms with E-state index in [4.69, 9.17) is 4.74 Å². The maximum absolute atomic E-state index is 12.3. The molecule has 0 bridgehead atoms. The number of hydrogen-bond acceptors (Lipinski definition) is 3. The molecule has 1 saturated carbocycles. The molecule has 1 aliphatic heterocycles. The first-order chi connectivity index (χ1) is 8.85. The first-order valence-corrected chi connectivity index (χ1v) is 7.09. The van der Waals surface area contributed by atoms with Gasteiger partial charge in [0.15, 0.2) is 0 Å². The Balaban J connectivity index is 1.94. The SMILES string of the molecule is COC1(C)CC(NC(=O)N2CCC[C@@H]2CO)C1(C)C. The van der Waals surface area contributed by atoms with E-state index in [9.17, 15) is 9.90 Å². The zero-order valence-corrected chi connectivity index (χ0v) is 12.4. The van der Waals surface area contributed by atoms with Gasteiger partial charge in [-0.3, -0.25) is 0 Å². The van der Waals surface area contributed by atoms with Crippen LogP contribution >= 0.6 is 0 Å². The Hall–Kier alpha value is -0.810. The van der Waals surface area contributed by atoms with E-state index in [0.717, 1.165) is 25.8 Å². The second-order valence-electron chi connectivity index (χ2n) is 6.53. The van der Waals surface area contributed by atoms with Gasteiger partial charge in [-0.15, -0.1) is 0 Å². The monoisotopic (exact) mass is 270 g/mol. The fourth-order valence-corrected chi connectivity index (χ4v) is 3.25. The van der Waals surface area contributed by atoms with Crippen molar-refractivity contribution in [2.45, 2.75) is 57.7 Å². The van der Waals surface area contributed by atoms with Gasteiger partial charge in [-0.2, -0.15) is 0 Å². The zero-order chi connectivity index (χ0) is 14.3. The third-order valence-corrected chi connectivity index (χ3v) is 5.42. The van der Waals surface area contributed by atoms with Crippen LogP contribution in [0.2, 0.25) is 0 Å². The molecule has 110 valence electrons.